The Morgan fingerprint density at radius 1 is 1.09 bits per heavy atom. The van der Waals surface area contributed by atoms with Crippen LogP contribution >= 0.6 is 0 Å². The van der Waals surface area contributed by atoms with Gasteiger partial charge in [-0.15, -0.1) is 0 Å². The molecule has 0 fully saturated rings. The molecule has 1 heterocycles. The Morgan fingerprint density at radius 2 is 1.69 bits per heavy atom. The molecule has 2 rings (SSSR count). The van der Waals surface area contributed by atoms with Crippen LogP contribution < -0.4 is 0 Å². The van der Waals surface area contributed by atoms with Crippen LogP contribution in [-0.2, 0) is 38.1 Å². The van der Waals surface area contributed by atoms with E-state index in [1.165, 1.54) is 20.3 Å². The van der Waals surface area contributed by atoms with Gasteiger partial charge in [-0.05, 0) is 23.5 Å². The van der Waals surface area contributed by atoms with Crippen molar-refractivity contribution in [1.29, 1.82) is 0 Å². The van der Waals surface area contributed by atoms with Crippen LogP contribution in [0.4, 0.5) is 0 Å². The molecule has 180 valence electrons. The SMILES string of the molecule is COC[C@]1(O)[C@H](OC(=O)CC(C)C)C=C2C(COC(C)=O)=CO[C@H](OC(=O)CC(C)C)[C@H]21. The minimum absolute atomic E-state index is 0.0712. The molecule has 1 N–H and O–H groups in total. The summed E-state index contributed by atoms with van der Waals surface area (Å²) < 4.78 is 27.1. The average Bonchev–Trinajstić information content (AvgIpc) is 2.92. The first-order chi connectivity index (χ1) is 15.0. The smallest absolute Gasteiger partial charge is 0.309 e. The monoisotopic (exact) mass is 454 g/mol. The summed E-state index contributed by atoms with van der Waals surface area (Å²) in [6.07, 6.45) is 1.04. The van der Waals surface area contributed by atoms with Crippen molar-refractivity contribution in [2.24, 2.45) is 17.8 Å². The van der Waals surface area contributed by atoms with Crippen molar-refractivity contribution >= 4 is 17.9 Å². The van der Waals surface area contributed by atoms with Crippen molar-refractivity contribution in [2.75, 3.05) is 20.3 Å². The number of ether oxygens (including phenoxy) is 5. The Hall–Kier alpha value is -2.39. The number of carbonyl (C=O) groups is 3. The number of fused-ring (bicyclic) bond motifs is 1. The maximum absolute atomic E-state index is 12.4. The van der Waals surface area contributed by atoms with Gasteiger partial charge in [0.25, 0.3) is 6.29 Å². The standard InChI is InChI=1S/C23H34O9/c1-13(2)7-19(25)31-18-9-17-16(10-29-15(5)24)11-30-22(32-20(26)8-14(3)4)21(17)23(18,27)12-28-6/h9,11,13-14,18,21-22,27H,7-8,10,12H2,1-6H3/t18-,21+,22-,23+/m1/s1. The molecule has 9 nitrogen and oxygen atoms in total. The van der Waals surface area contributed by atoms with E-state index in [0.717, 1.165) is 0 Å². The zero-order valence-electron chi connectivity index (χ0n) is 19.6. The van der Waals surface area contributed by atoms with Gasteiger partial charge in [-0.2, -0.15) is 0 Å². The summed E-state index contributed by atoms with van der Waals surface area (Å²) >= 11 is 0. The first-order valence-corrected chi connectivity index (χ1v) is 10.8. The summed E-state index contributed by atoms with van der Waals surface area (Å²) in [6, 6.07) is 0. The number of methoxy groups -OCH3 is 1. The van der Waals surface area contributed by atoms with Gasteiger partial charge in [0.15, 0.2) is 6.10 Å². The van der Waals surface area contributed by atoms with E-state index in [1.807, 2.05) is 27.7 Å². The first-order valence-electron chi connectivity index (χ1n) is 10.8. The van der Waals surface area contributed by atoms with Crippen LogP contribution in [0.2, 0.25) is 0 Å². The third-order valence-electron chi connectivity index (χ3n) is 5.15. The van der Waals surface area contributed by atoms with E-state index in [9.17, 15) is 19.5 Å². The molecule has 0 bridgehead atoms. The van der Waals surface area contributed by atoms with E-state index in [2.05, 4.69) is 0 Å². The molecule has 32 heavy (non-hydrogen) atoms. The molecule has 0 radical (unpaired) electrons. The van der Waals surface area contributed by atoms with E-state index in [-0.39, 0.29) is 37.9 Å². The molecule has 4 atom stereocenters. The van der Waals surface area contributed by atoms with Crippen LogP contribution in [0.5, 0.6) is 0 Å². The molecule has 0 saturated heterocycles. The van der Waals surface area contributed by atoms with Gasteiger partial charge in [0.1, 0.15) is 12.2 Å². The molecule has 0 aromatic rings. The molecule has 0 amide bonds. The molecule has 9 heteroatoms. The normalized spacial score (nSPS) is 26.7. The summed E-state index contributed by atoms with van der Waals surface area (Å²) in [5.41, 5.74) is -0.769. The zero-order valence-corrected chi connectivity index (χ0v) is 19.6. The van der Waals surface area contributed by atoms with E-state index in [0.29, 0.717) is 11.1 Å². The second-order valence-corrected chi connectivity index (χ2v) is 9.05. The highest BCUT2D eigenvalue weighted by atomic mass is 16.7. The van der Waals surface area contributed by atoms with Crippen molar-refractivity contribution in [3.05, 3.63) is 23.5 Å². The summed E-state index contributed by atoms with van der Waals surface area (Å²) in [5, 5.41) is 11.6. The number of aliphatic hydroxyl groups is 1. The lowest BCUT2D eigenvalue weighted by Gasteiger charge is -2.40. The van der Waals surface area contributed by atoms with Crippen LogP contribution in [0, 0.1) is 17.8 Å². The van der Waals surface area contributed by atoms with Crippen LogP contribution in [0.15, 0.2) is 23.5 Å². The lowest BCUT2D eigenvalue weighted by Crippen LogP contribution is -2.55. The molecule has 0 aromatic heterocycles. The predicted octanol–water partition coefficient (Wildman–Crippen LogP) is 2.27. The topological polar surface area (TPSA) is 118 Å². The van der Waals surface area contributed by atoms with Crippen molar-refractivity contribution in [3.8, 4) is 0 Å². The summed E-state index contributed by atoms with van der Waals surface area (Å²) in [7, 11) is 1.40. The Morgan fingerprint density at radius 3 is 2.22 bits per heavy atom. The number of hydrogen-bond donors (Lipinski definition) is 1. The summed E-state index contributed by atoms with van der Waals surface area (Å²) in [6.45, 7) is 8.48. The predicted molar refractivity (Wildman–Crippen MR) is 113 cm³/mol. The molecular formula is C23H34O9. The number of carbonyl (C=O) groups excluding carboxylic acids is 3. The number of esters is 3. The lowest BCUT2D eigenvalue weighted by molar-refractivity contribution is -0.215. The van der Waals surface area contributed by atoms with E-state index < -0.39 is 41.8 Å². The molecular weight excluding hydrogens is 420 g/mol. The Bertz CT molecular complexity index is 767. The molecule has 2 aliphatic rings. The second kappa shape index (κ2) is 11.0. The zero-order chi connectivity index (χ0) is 24.1. The van der Waals surface area contributed by atoms with Crippen LogP contribution in [-0.4, -0.2) is 61.3 Å². The summed E-state index contributed by atoms with van der Waals surface area (Å²) in [4.78, 5) is 36.0. The van der Waals surface area contributed by atoms with E-state index >= 15 is 0 Å². The average molecular weight is 455 g/mol. The second-order valence-electron chi connectivity index (χ2n) is 9.05. The van der Waals surface area contributed by atoms with Gasteiger partial charge < -0.3 is 28.8 Å². The maximum atomic E-state index is 12.4. The molecule has 1 aliphatic heterocycles. The first kappa shape index (κ1) is 25.9. The summed E-state index contributed by atoms with van der Waals surface area (Å²) in [5.74, 6) is -2.22. The Kier molecular flexibility index (Phi) is 8.86. The number of hydrogen-bond acceptors (Lipinski definition) is 9. The number of rotatable bonds is 10. The van der Waals surface area contributed by atoms with Crippen LogP contribution in [0.1, 0.15) is 47.5 Å². The molecule has 0 saturated carbocycles. The minimum atomic E-state index is -1.75. The highest BCUT2D eigenvalue weighted by Gasteiger charge is 2.58. The van der Waals surface area contributed by atoms with Crippen LogP contribution in [0.3, 0.4) is 0 Å². The van der Waals surface area contributed by atoms with Gasteiger partial charge in [0.2, 0.25) is 0 Å². The van der Waals surface area contributed by atoms with E-state index in [4.69, 9.17) is 23.7 Å². The van der Waals surface area contributed by atoms with Gasteiger partial charge >= 0.3 is 17.9 Å². The quantitative estimate of drug-likeness (QED) is 0.392. The fraction of sp³-hybridized carbons (Fsp3) is 0.696. The van der Waals surface area contributed by atoms with Crippen LogP contribution in [0.25, 0.3) is 0 Å². The fourth-order valence-corrected chi connectivity index (χ4v) is 3.81. The lowest BCUT2D eigenvalue weighted by atomic mass is 9.82. The van der Waals surface area contributed by atoms with Gasteiger partial charge in [0.05, 0.1) is 18.8 Å². The van der Waals surface area contributed by atoms with Crippen molar-refractivity contribution in [3.63, 3.8) is 0 Å². The Labute approximate surface area is 188 Å². The van der Waals surface area contributed by atoms with Gasteiger partial charge in [0, 0.05) is 32.4 Å². The Balaban J connectivity index is 2.39. The van der Waals surface area contributed by atoms with E-state index in [1.54, 1.807) is 6.08 Å². The van der Waals surface area contributed by atoms with Gasteiger partial charge in [-0.1, -0.05) is 27.7 Å². The van der Waals surface area contributed by atoms with Gasteiger partial charge in [-0.25, -0.2) is 0 Å². The highest BCUT2D eigenvalue weighted by molar-refractivity contribution is 5.71. The van der Waals surface area contributed by atoms with Crippen molar-refractivity contribution in [1.82, 2.24) is 0 Å². The highest BCUT2D eigenvalue weighted by Crippen LogP contribution is 2.47. The third kappa shape index (κ3) is 6.32. The molecule has 0 spiro atoms. The van der Waals surface area contributed by atoms with Gasteiger partial charge in [-0.3, -0.25) is 14.4 Å². The molecule has 0 aromatic carbocycles. The third-order valence-corrected chi connectivity index (χ3v) is 5.15. The van der Waals surface area contributed by atoms with Crippen molar-refractivity contribution < 1.29 is 43.2 Å². The largest absolute Gasteiger partial charge is 0.461 e. The molecule has 0 unspecified atom stereocenters. The maximum Gasteiger partial charge on any atom is 0.309 e. The fourth-order valence-electron chi connectivity index (χ4n) is 3.81. The molecule has 1 aliphatic carbocycles. The minimum Gasteiger partial charge on any atom is -0.461 e. The van der Waals surface area contributed by atoms with Crippen molar-refractivity contribution in [2.45, 2.75) is 65.5 Å².